The van der Waals surface area contributed by atoms with Crippen molar-refractivity contribution in [2.45, 2.75) is 65.7 Å². The number of nitrogens with one attached hydrogen (secondary N) is 2. The zero-order chi connectivity index (χ0) is 21.4. The molecule has 1 heterocycles. The third-order valence-corrected chi connectivity index (χ3v) is 4.72. The topological polar surface area (TPSA) is 70.1 Å². The first-order chi connectivity index (χ1) is 13.9. The average molecular weight is 405 g/mol. The van der Waals surface area contributed by atoms with Crippen LogP contribution in [0.5, 0.6) is 0 Å². The summed E-state index contributed by atoms with van der Waals surface area (Å²) in [5.41, 5.74) is 2.02. The Balaban J connectivity index is 2.16. The average Bonchev–Trinajstić information content (AvgIpc) is 3.44. The quantitative estimate of drug-likeness (QED) is 0.384. The second kappa shape index (κ2) is 10.8. The first kappa shape index (κ1) is 22.7. The molecule has 1 aliphatic carbocycles. The van der Waals surface area contributed by atoms with Crippen LogP contribution in [0.1, 0.15) is 65.0 Å². The van der Waals surface area contributed by atoms with E-state index < -0.39 is 12.3 Å². The van der Waals surface area contributed by atoms with Gasteiger partial charge in [0.2, 0.25) is 5.91 Å². The molecule has 7 heteroatoms. The molecule has 1 aromatic heterocycles. The molecule has 0 spiro atoms. The number of halogens is 2. The molecule has 1 fully saturated rings. The normalized spacial score (nSPS) is 17.3. The maximum atomic E-state index is 13.2. The molecule has 5 nitrogen and oxygen atoms in total. The lowest BCUT2D eigenvalue weighted by Crippen LogP contribution is -2.22. The van der Waals surface area contributed by atoms with Gasteiger partial charge >= 0.3 is 0 Å². The fraction of sp³-hybridized carbons (Fsp3) is 0.500. The van der Waals surface area contributed by atoms with Crippen molar-refractivity contribution in [3.8, 4) is 0 Å². The van der Waals surface area contributed by atoms with Crippen molar-refractivity contribution in [1.82, 2.24) is 10.2 Å². The lowest BCUT2D eigenvalue weighted by Gasteiger charge is -2.13. The summed E-state index contributed by atoms with van der Waals surface area (Å²) in [7, 11) is 0. The molecule has 0 aliphatic heterocycles. The van der Waals surface area contributed by atoms with E-state index in [2.05, 4.69) is 20.5 Å². The lowest BCUT2D eigenvalue weighted by atomic mass is 10.1. The van der Waals surface area contributed by atoms with Gasteiger partial charge in [-0.15, -0.1) is 0 Å². The van der Waals surface area contributed by atoms with Crippen LogP contribution in [0.25, 0.3) is 0 Å². The smallest absolute Gasteiger partial charge is 0.263 e. The zero-order valence-electron chi connectivity index (χ0n) is 17.5. The van der Waals surface area contributed by atoms with Gasteiger partial charge in [-0.25, -0.2) is 8.78 Å². The molecule has 1 atom stereocenters. The Hall–Kier alpha value is -2.57. The van der Waals surface area contributed by atoms with Gasteiger partial charge in [0.25, 0.3) is 6.43 Å². The second-order valence-electron chi connectivity index (χ2n) is 7.21. The third-order valence-electron chi connectivity index (χ3n) is 4.72. The van der Waals surface area contributed by atoms with Crippen LogP contribution >= 0.6 is 0 Å². The Kier molecular flexibility index (Phi) is 8.49. The first-order valence-electron chi connectivity index (χ1n) is 10.1. The predicted octanol–water partition coefficient (Wildman–Crippen LogP) is 5.77. The fourth-order valence-corrected chi connectivity index (χ4v) is 2.94. The van der Waals surface area contributed by atoms with E-state index in [-0.39, 0.29) is 11.5 Å². The number of nitrogens with zero attached hydrogens (tertiary/aromatic N) is 2. The van der Waals surface area contributed by atoms with E-state index in [1.807, 2.05) is 13.0 Å². The molecule has 0 radical (unpaired) electrons. The minimum atomic E-state index is -2.58. The van der Waals surface area contributed by atoms with Crippen molar-refractivity contribution in [2.75, 3.05) is 5.32 Å². The van der Waals surface area contributed by atoms with Crippen molar-refractivity contribution in [2.24, 2.45) is 10.9 Å². The van der Waals surface area contributed by atoms with Crippen molar-refractivity contribution in [1.29, 1.82) is 0 Å². The van der Waals surface area contributed by atoms with Crippen LogP contribution < -0.4 is 5.32 Å². The van der Waals surface area contributed by atoms with Gasteiger partial charge in [-0.3, -0.25) is 14.9 Å². The van der Waals surface area contributed by atoms with Gasteiger partial charge in [-0.05, 0) is 46.1 Å². The fourth-order valence-electron chi connectivity index (χ4n) is 2.94. The molecule has 158 valence electrons. The number of aromatic amines is 1. The molecule has 1 amide bonds. The maximum Gasteiger partial charge on any atom is 0.263 e. The van der Waals surface area contributed by atoms with E-state index in [4.69, 9.17) is 0 Å². The minimum Gasteiger partial charge on any atom is -0.309 e. The Morgan fingerprint density at radius 3 is 2.69 bits per heavy atom. The van der Waals surface area contributed by atoms with Gasteiger partial charge in [0.05, 0.1) is 5.92 Å². The summed E-state index contributed by atoms with van der Waals surface area (Å²) in [6, 6.07) is 1.86. The minimum absolute atomic E-state index is 0.0867. The highest BCUT2D eigenvalue weighted by atomic mass is 19.3. The van der Waals surface area contributed by atoms with Crippen molar-refractivity contribution >= 4 is 17.4 Å². The van der Waals surface area contributed by atoms with Gasteiger partial charge in [0.1, 0.15) is 0 Å². The molecule has 1 aromatic rings. The van der Waals surface area contributed by atoms with E-state index in [1.54, 1.807) is 32.9 Å². The second-order valence-corrected chi connectivity index (χ2v) is 7.21. The summed E-state index contributed by atoms with van der Waals surface area (Å²) in [5, 5.41) is 9.90. The molecule has 29 heavy (non-hydrogen) atoms. The SMILES string of the molecule is C\C=C/C(=C\C(CCC)=N/C(=C\C)C(C)C(=O)Nc1cc(C2CC2)[nH]n1)C(F)F. The van der Waals surface area contributed by atoms with Crippen molar-refractivity contribution in [3.05, 3.63) is 47.3 Å². The highest BCUT2D eigenvalue weighted by Crippen LogP contribution is 2.39. The Morgan fingerprint density at radius 2 is 2.14 bits per heavy atom. The maximum absolute atomic E-state index is 13.2. The van der Waals surface area contributed by atoms with Crippen LogP contribution in [0.3, 0.4) is 0 Å². The molecule has 1 unspecified atom stereocenters. The zero-order valence-corrected chi connectivity index (χ0v) is 17.5. The third kappa shape index (κ3) is 6.76. The molecule has 1 aliphatic rings. The summed E-state index contributed by atoms with van der Waals surface area (Å²) in [4.78, 5) is 17.2. The lowest BCUT2D eigenvalue weighted by molar-refractivity contribution is -0.118. The number of hydrogen-bond donors (Lipinski definition) is 2. The molecular weight excluding hydrogens is 374 g/mol. The molecule has 2 N–H and O–H groups in total. The largest absolute Gasteiger partial charge is 0.309 e. The van der Waals surface area contributed by atoms with Gasteiger partial charge in [0, 0.05) is 34.7 Å². The van der Waals surface area contributed by atoms with E-state index in [0.29, 0.717) is 29.6 Å². The van der Waals surface area contributed by atoms with E-state index in [1.165, 1.54) is 12.2 Å². The number of rotatable bonds is 10. The van der Waals surface area contributed by atoms with Gasteiger partial charge < -0.3 is 5.32 Å². The number of aromatic nitrogens is 2. The number of carbonyl (C=O) groups excluding carboxylic acids is 1. The monoisotopic (exact) mass is 404 g/mol. The number of alkyl halides is 2. The summed E-state index contributed by atoms with van der Waals surface area (Å²) in [6.07, 6.45) is 7.13. The van der Waals surface area contributed by atoms with Crippen LogP contribution in [0.2, 0.25) is 0 Å². The molecule has 0 saturated heterocycles. The number of hydrogen-bond acceptors (Lipinski definition) is 3. The van der Waals surface area contributed by atoms with Crippen molar-refractivity contribution in [3.63, 3.8) is 0 Å². The number of anilines is 1. The van der Waals surface area contributed by atoms with Gasteiger partial charge in [-0.2, -0.15) is 5.10 Å². The number of aliphatic imine (C=N–C) groups is 1. The Morgan fingerprint density at radius 1 is 1.41 bits per heavy atom. The van der Waals surface area contributed by atoms with Crippen LogP contribution in [-0.2, 0) is 4.79 Å². The summed E-state index contributed by atoms with van der Waals surface area (Å²) in [5.74, 6) is 0.229. The van der Waals surface area contributed by atoms with Crippen LogP contribution in [0, 0.1) is 5.92 Å². The summed E-state index contributed by atoms with van der Waals surface area (Å²) < 4.78 is 26.5. The first-order valence-corrected chi connectivity index (χ1v) is 10.1. The van der Waals surface area contributed by atoms with Crippen LogP contribution in [0.4, 0.5) is 14.6 Å². The number of amides is 1. The highest BCUT2D eigenvalue weighted by molar-refractivity contribution is 5.98. The molecular formula is C22H30F2N4O. The van der Waals surface area contributed by atoms with Crippen molar-refractivity contribution < 1.29 is 13.6 Å². The number of carbonyl (C=O) groups is 1. The van der Waals surface area contributed by atoms with Crippen LogP contribution in [-0.4, -0.2) is 28.2 Å². The number of allylic oxidation sites excluding steroid dienone is 5. The molecule has 0 aromatic carbocycles. The molecule has 0 bridgehead atoms. The summed E-state index contributed by atoms with van der Waals surface area (Å²) >= 11 is 0. The molecule has 1 saturated carbocycles. The Labute approximate surface area is 171 Å². The van der Waals surface area contributed by atoms with Gasteiger partial charge in [0.15, 0.2) is 5.82 Å². The van der Waals surface area contributed by atoms with E-state index in [9.17, 15) is 13.6 Å². The summed E-state index contributed by atoms with van der Waals surface area (Å²) in [6.45, 7) is 7.19. The van der Waals surface area contributed by atoms with E-state index >= 15 is 0 Å². The molecule has 2 rings (SSSR count). The van der Waals surface area contributed by atoms with Gasteiger partial charge in [-0.1, -0.05) is 31.6 Å². The van der Waals surface area contributed by atoms with Crippen LogP contribution in [0.15, 0.2) is 46.6 Å². The van der Waals surface area contributed by atoms with E-state index in [0.717, 1.165) is 25.0 Å². The standard InChI is InChI=1S/C22H30F2N4O/c1-5-8-16(21(23)24)12-17(9-6-2)25-18(7-3)14(4)22(29)26-20-13-19(27-28-20)15-10-11-15/h5,7-8,12-15,21H,6,9-11H2,1-4H3,(H2,26,27,28,29)/b8-5-,16-12+,18-7-,25-17-. The highest BCUT2D eigenvalue weighted by Gasteiger charge is 2.26. The predicted molar refractivity (Wildman–Crippen MR) is 113 cm³/mol. The Bertz CT molecular complexity index is 817. The number of H-pyrrole nitrogens is 1.